The Labute approximate surface area is 136 Å². The lowest BCUT2D eigenvalue weighted by Crippen LogP contribution is -2.41. The number of aromatic nitrogens is 3. The Morgan fingerprint density at radius 3 is 2.71 bits per heavy atom. The molecule has 0 radical (unpaired) electrons. The van der Waals surface area contributed by atoms with Crippen LogP contribution in [-0.4, -0.2) is 32.8 Å². The smallest absolute Gasteiger partial charge is 0.273 e. The van der Waals surface area contributed by atoms with Gasteiger partial charge in [0.1, 0.15) is 12.0 Å². The standard InChI is InChI=1S/C15H17F2N5O2/c1-8-10(14-19-6-7-24-14)22-12(18)11(20-8)13(23)21-9-2-4-15(16,17)5-3-9/h6-7,9H,2-5H2,1H3,(H2,18,22)(H,21,23). The number of amides is 1. The molecule has 0 bridgehead atoms. The molecule has 24 heavy (non-hydrogen) atoms. The normalized spacial score (nSPS) is 17.6. The van der Waals surface area contributed by atoms with E-state index in [1.54, 1.807) is 6.92 Å². The number of carbonyl (C=O) groups excluding carboxylic acids is 1. The van der Waals surface area contributed by atoms with E-state index in [2.05, 4.69) is 20.3 Å². The minimum Gasteiger partial charge on any atom is -0.443 e. The lowest BCUT2D eigenvalue weighted by Gasteiger charge is -2.28. The predicted octanol–water partition coefficient (Wildman–Crippen LogP) is 2.33. The number of aryl methyl sites for hydroxylation is 1. The van der Waals surface area contributed by atoms with Gasteiger partial charge in [0.15, 0.2) is 11.5 Å². The average Bonchev–Trinajstić information content (AvgIpc) is 3.05. The number of carbonyl (C=O) groups is 1. The Morgan fingerprint density at radius 2 is 2.08 bits per heavy atom. The number of nitrogens with one attached hydrogen (secondary N) is 1. The zero-order chi connectivity index (χ0) is 17.3. The summed E-state index contributed by atoms with van der Waals surface area (Å²) in [6, 6.07) is -0.315. The number of halogens is 2. The van der Waals surface area contributed by atoms with Crippen molar-refractivity contribution in [2.75, 3.05) is 5.73 Å². The zero-order valence-corrected chi connectivity index (χ0v) is 13.1. The number of rotatable bonds is 3. The molecule has 0 saturated heterocycles. The number of oxazole rings is 1. The van der Waals surface area contributed by atoms with Crippen LogP contribution in [0.3, 0.4) is 0 Å². The summed E-state index contributed by atoms with van der Waals surface area (Å²) in [4.78, 5) is 24.6. The molecule has 0 aromatic carbocycles. The number of hydrogen-bond donors (Lipinski definition) is 2. The van der Waals surface area contributed by atoms with Gasteiger partial charge < -0.3 is 15.5 Å². The van der Waals surface area contributed by atoms with Crippen molar-refractivity contribution < 1.29 is 18.0 Å². The van der Waals surface area contributed by atoms with E-state index in [1.807, 2.05) is 0 Å². The molecule has 3 N–H and O–H groups in total. The van der Waals surface area contributed by atoms with Crippen molar-refractivity contribution in [3.63, 3.8) is 0 Å². The molecule has 1 saturated carbocycles. The summed E-state index contributed by atoms with van der Waals surface area (Å²) in [6.45, 7) is 1.66. The number of nitrogens with zero attached hydrogens (tertiary/aromatic N) is 3. The molecular formula is C15H17F2N5O2. The van der Waals surface area contributed by atoms with Gasteiger partial charge in [0.25, 0.3) is 5.91 Å². The van der Waals surface area contributed by atoms with E-state index >= 15 is 0 Å². The molecule has 1 aliphatic rings. The van der Waals surface area contributed by atoms with Gasteiger partial charge in [-0.15, -0.1) is 0 Å². The van der Waals surface area contributed by atoms with E-state index in [-0.39, 0.29) is 49.1 Å². The largest absolute Gasteiger partial charge is 0.443 e. The maximum atomic E-state index is 13.2. The second-order valence-electron chi connectivity index (χ2n) is 5.83. The second kappa shape index (κ2) is 6.14. The summed E-state index contributed by atoms with van der Waals surface area (Å²) in [5, 5.41) is 2.70. The van der Waals surface area contributed by atoms with E-state index in [1.165, 1.54) is 12.5 Å². The van der Waals surface area contributed by atoms with Crippen molar-refractivity contribution in [3.8, 4) is 11.6 Å². The highest BCUT2D eigenvalue weighted by atomic mass is 19.3. The van der Waals surface area contributed by atoms with Gasteiger partial charge in [0.05, 0.1) is 11.9 Å². The molecule has 0 unspecified atom stereocenters. The van der Waals surface area contributed by atoms with Crippen LogP contribution in [0, 0.1) is 6.92 Å². The van der Waals surface area contributed by atoms with Crippen molar-refractivity contribution in [1.82, 2.24) is 20.3 Å². The van der Waals surface area contributed by atoms with Crippen LogP contribution in [0.25, 0.3) is 11.6 Å². The predicted molar refractivity (Wildman–Crippen MR) is 81.3 cm³/mol. The topological polar surface area (TPSA) is 107 Å². The molecule has 0 atom stereocenters. The molecule has 9 heteroatoms. The Morgan fingerprint density at radius 1 is 1.38 bits per heavy atom. The van der Waals surface area contributed by atoms with E-state index < -0.39 is 11.8 Å². The van der Waals surface area contributed by atoms with Crippen LogP contribution in [0.4, 0.5) is 14.6 Å². The van der Waals surface area contributed by atoms with Gasteiger partial charge in [-0.1, -0.05) is 0 Å². The summed E-state index contributed by atoms with van der Waals surface area (Å²) in [6.07, 6.45) is 2.83. The van der Waals surface area contributed by atoms with Crippen LogP contribution in [0.2, 0.25) is 0 Å². The SMILES string of the molecule is Cc1nc(C(=O)NC2CCC(F)(F)CC2)c(N)nc1-c1ncco1. The van der Waals surface area contributed by atoms with Crippen molar-refractivity contribution in [3.05, 3.63) is 23.8 Å². The third kappa shape index (κ3) is 3.34. The van der Waals surface area contributed by atoms with Crippen LogP contribution in [0.15, 0.2) is 16.9 Å². The maximum absolute atomic E-state index is 13.2. The van der Waals surface area contributed by atoms with Crippen molar-refractivity contribution in [1.29, 1.82) is 0 Å². The third-order valence-corrected chi connectivity index (χ3v) is 4.00. The minimum absolute atomic E-state index is 0.0276. The quantitative estimate of drug-likeness (QED) is 0.890. The second-order valence-corrected chi connectivity index (χ2v) is 5.83. The Kier molecular flexibility index (Phi) is 4.16. The van der Waals surface area contributed by atoms with E-state index in [9.17, 15) is 13.6 Å². The van der Waals surface area contributed by atoms with E-state index in [4.69, 9.17) is 10.2 Å². The number of anilines is 1. The van der Waals surface area contributed by atoms with Gasteiger partial charge in [-0.25, -0.2) is 23.7 Å². The van der Waals surface area contributed by atoms with Gasteiger partial charge in [-0.3, -0.25) is 4.79 Å². The number of alkyl halides is 2. The molecule has 7 nitrogen and oxygen atoms in total. The fourth-order valence-corrected chi connectivity index (χ4v) is 2.68. The lowest BCUT2D eigenvalue weighted by molar-refractivity contribution is -0.0399. The van der Waals surface area contributed by atoms with Gasteiger partial charge in [0.2, 0.25) is 11.8 Å². The zero-order valence-electron chi connectivity index (χ0n) is 13.1. The first-order valence-corrected chi connectivity index (χ1v) is 7.58. The van der Waals surface area contributed by atoms with E-state index in [0.29, 0.717) is 11.4 Å². The molecule has 1 amide bonds. The number of nitrogen functional groups attached to an aromatic ring is 1. The molecule has 0 aliphatic heterocycles. The molecular weight excluding hydrogens is 320 g/mol. The van der Waals surface area contributed by atoms with Gasteiger partial charge in [-0.05, 0) is 19.8 Å². The minimum atomic E-state index is -2.64. The van der Waals surface area contributed by atoms with Crippen LogP contribution in [0.1, 0.15) is 41.9 Å². The molecule has 1 aliphatic carbocycles. The molecule has 2 heterocycles. The summed E-state index contributed by atoms with van der Waals surface area (Å²) < 4.78 is 31.5. The Hall–Kier alpha value is -2.58. The first kappa shape index (κ1) is 16.3. The molecule has 2 aromatic heterocycles. The highest BCUT2D eigenvalue weighted by molar-refractivity contribution is 5.96. The van der Waals surface area contributed by atoms with Crippen LogP contribution in [-0.2, 0) is 0 Å². The third-order valence-electron chi connectivity index (χ3n) is 4.00. The molecule has 0 spiro atoms. The monoisotopic (exact) mass is 337 g/mol. The number of nitrogens with two attached hydrogens (primary N) is 1. The summed E-state index contributed by atoms with van der Waals surface area (Å²) in [5.41, 5.74) is 6.58. The van der Waals surface area contributed by atoms with Crippen molar-refractivity contribution in [2.45, 2.75) is 44.6 Å². The molecule has 2 aromatic rings. The lowest BCUT2D eigenvalue weighted by atomic mass is 9.92. The average molecular weight is 337 g/mol. The van der Waals surface area contributed by atoms with Crippen LogP contribution >= 0.6 is 0 Å². The molecule has 1 fully saturated rings. The summed E-state index contributed by atoms with van der Waals surface area (Å²) >= 11 is 0. The number of hydrogen-bond acceptors (Lipinski definition) is 6. The van der Waals surface area contributed by atoms with Gasteiger partial charge >= 0.3 is 0 Å². The summed E-state index contributed by atoms with van der Waals surface area (Å²) in [7, 11) is 0. The van der Waals surface area contributed by atoms with Gasteiger partial charge in [0, 0.05) is 18.9 Å². The van der Waals surface area contributed by atoms with Crippen LogP contribution < -0.4 is 11.1 Å². The first-order valence-electron chi connectivity index (χ1n) is 7.58. The fraction of sp³-hybridized carbons (Fsp3) is 0.467. The highest BCUT2D eigenvalue weighted by Crippen LogP contribution is 2.33. The fourth-order valence-electron chi connectivity index (χ4n) is 2.68. The maximum Gasteiger partial charge on any atom is 0.273 e. The van der Waals surface area contributed by atoms with Gasteiger partial charge in [-0.2, -0.15) is 0 Å². The van der Waals surface area contributed by atoms with Crippen molar-refractivity contribution >= 4 is 11.7 Å². The summed E-state index contributed by atoms with van der Waals surface area (Å²) in [5.74, 6) is -2.97. The van der Waals surface area contributed by atoms with Crippen LogP contribution in [0.5, 0.6) is 0 Å². The molecule has 128 valence electrons. The Bertz CT molecular complexity index is 739. The first-order chi connectivity index (χ1) is 11.4. The Balaban J connectivity index is 1.75. The van der Waals surface area contributed by atoms with E-state index in [0.717, 1.165) is 0 Å². The highest BCUT2D eigenvalue weighted by Gasteiger charge is 2.35. The molecule has 3 rings (SSSR count). The van der Waals surface area contributed by atoms with Crippen molar-refractivity contribution in [2.24, 2.45) is 0 Å².